The van der Waals surface area contributed by atoms with Gasteiger partial charge in [0.2, 0.25) is 0 Å². The number of nitro benzene ring substituents is 1. The van der Waals surface area contributed by atoms with Crippen LogP contribution in [-0.2, 0) is 4.79 Å². The molecule has 7 heteroatoms. The Morgan fingerprint density at radius 3 is 2.40 bits per heavy atom. The minimum absolute atomic E-state index is 0.0108. The van der Waals surface area contributed by atoms with Crippen molar-refractivity contribution >= 4 is 28.9 Å². The maximum atomic E-state index is 12.8. The van der Waals surface area contributed by atoms with Gasteiger partial charge in [-0.25, -0.2) is 0 Å². The van der Waals surface area contributed by atoms with Crippen LogP contribution >= 0.6 is 11.8 Å². The SMILES string of the molecule is C=C(C(=O)N1CCN(C)CC1)c1ccc(Sc2ccccc2C(C)C)c([N+](=O)[O-])c1. The molecule has 158 valence electrons. The van der Waals surface area contributed by atoms with Gasteiger partial charge in [-0.05, 0) is 36.2 Å². The number of benzene rings is 2. The normalized spacial score (nSPS) is 14.7. The van der Waals surface area contributed by atoms with Crippen molar-refractivity contribution in [3.05, 3.63) is 70.3 Å². The summed E-state index contributed by atoms with van der Waals surface area (Å²) in [6.45, 7) is 11.0. The van der Waals surface area contributed by atoms with Crippen LogP contribution in [0.3, 0.4) is 0 Å². The summed E-state index contributed by atoms with van der Waals surface area (Å²) in [4.78, 5) is 29.7. The third-order valence-electron chi connectivity index (χ3n) is 5.31. The molecule has 0 spiro atoms. The van der Waals surface area contributed by atoms with Crippen LogP contribution in [0.25, 0.3) is 5.57 Å². The number of nitrogens with zero attached hydrogens (tertiary/aromatic N) is 3. The highest BCUT2D eigenvalue weighted by atomic mass is 32.2. The van der Waals surface area contributed by atoms with Crippen molar-refractivity contribution in [2.75, 3.05) is 33.2 Å². The minimum atomic E-state index is -0.391. The maximum Gasteiger partial charge on any atom is 0.283 e. The molecule has 0 bridgehead atoms. The van der Waals surface area contributed by atoms with Crippen molar-refractivity contribution in [3.63, 3.8) is 0 Å². The van der Waals surface area contributed by atoms with Crippen LogP contribution in [0.5, 0.6) is 0 Å². The van der Waals surface area contributed by atoms with Gasteiger partial charge in [-0.3, -0.25) is 14.9 Å². The average molecular weight is 426 g/mol. The Kier molecular flexibility index (Phi) is 6.95. The second-order valence-corrected chi connectivity index (χ2v) is 8.89. The molecule has 0 atom stereocenters. The second-order valence-electron chi connectivity index (χ2n) is 7.81. The minimum Gasteiger partial charge on any atom is -0.336 e. The van der Waals surface area contributed by atoms with Crippen molar-refractivity contribution < 1.29 is 9.72 Å². The fourth-order valence-electron chi connectivity index (χ4n) is 3.43. The molecule has 1 aliphatic rings. The third-order valence-corrected chi connectivity index (χ3v) is 6.47. The Hall–Kier alpha value is -2.64. The summed E-state index contributed by atoms with van der Waals surface area (Å²) < 4.78 is 0. The van der Waals surface area contributed by atoms with Gasteiger partial charge in [-0.15, -0.1) is 0 Å². The lowest BCUT2D eigenvalue weighted by Crippen LogP contribution is -2.47. The molecule has 30 heavy (non-hydrogen) atoms. The molecule has 1 heterocycles. The Balaban J connectivity index is 1.86. The van der Waals surface area contributed by atoms with Gasteiger partial charge >= 0.3 is 0 Å². The Morgan fingerprint density at radius 1 is 1.10 bits per heavy atom. The second kappa shape index (κ2) is 9.45. The Morgan fingerprint density at radius 2 is 1.77 bits per heavy atom. The van der Waals surface area contributed by atoms with Gasteiger partial charge in [-0.1, -0.05) is 56.5 Å². The lowest BCUT2D eigenvalue weighted by atomic mass is 10.0. The molecular formula is C23H27N3O3S. The van der Waals surface area contributed by atoms with Crippen molar-refractivity contribution in [2.45, 2.75) is 29.6 Å². The fourth-order valence-corrected chi connectivity index (χ4v) is 4.61. The van der Waals surface area contributed by atoms with Crippen molar-refractivity contribution in [1.29, 1.82) is 0 Å². The average Bonchev–Trinajstić information content (AvgIpc) is 2.73. The summed E-state index contributed by atoms with van der Waals surface area (Å²) in [5.41, 5.74) is 1.92. The highest BCUT2D eigenvalue weighted by Gasteiger charge is 2.24. The highest BCUT2D eigenvalue weighted by molar-refractivity contribution is 7.99. The predicted octanol–water partition coefficient (Wildman–Crippen LogP) is 4.66. The molecule has 0 radical (unpaired) electrons. The lowest BCUT2D eigenvalue weighted by Gasteiger charge is -2.32. The standard InChI is InChI=1S/C23H27N3O3S/c1-16(2)19-7-5-6-8-21(19)30-22-10-9-18(15-20(22)26(28)29)17(3)23(27)25-13-11-24(4)12-14-25/h5-10,15-16H,3,11-14H2,1-2,4H3. The largest absolute Gasteiger partial charge is 0.336 e. The van der Waals surface area contributed by atoms with E-state index in [9.17, 15) is 14.9 Å². The first kappa shape index (κ1) is 22.1. The smallest absolute Gasteiger partial charge is 0.283 e. The summed E-state index contributed by atoms with van der Waals surface area (Å²) in [5, 5.41) is 11.8. The summed E-state index contributed by atoms with van der Waals surface area (Å²) in [6.07, 6.45) is 0. The van der Waals surface area contributed by atoms with Gasteiger partial charge in [-0.2, -0.15) is 0 Å². The first-order valence-electron chi connectivity index (χ1n) is 10.00. The van der Waals surface area contributed by atoms with Crippen LogP contribution in [0.2, 0.25) is 0 Å². The van der Waals surface area contributed by atoms with Crippen LogP contribution in [0, 0.1) is 10.1 Å². The fraction of sp³-hybridized carbons (Fsp3) is 0.348. The number of amides is 1. The first-order chi connectivity index (χ1) is 14.3. The van der Waals surface area contributed by atoms with Gasteiger partial charge < -0.3 is 9.80 Å². The molecule has 3 rings (SSSR count). The van der Waals surface area contributed by atoms with E-state index in [1.807, 2.05) is 31.3 Å². The molecule has 0 saturated carbocycles. The number of likely N-dealkylation sites (N-methyl/N-ethyl adjacent to an activating group) is 1. The van der Waals surface area contributed by atoms with Gasteiger partial charge in [0.1, 0.15) is 0 Å². The molecule has 1 fully saturated rings. The summed E-state index contributed by atoms with van der Waals surface area (Å²) in [7, 11) is 2.02. The molecule has 6 nitrogen and oxygen atoms in total. The first-order valence-corrected chi connectivity index (χ1v) is 10.8. The quantitative estimate of drug-likeness (QED) is 0.383. The number of carbonyl (C=O) groups excluding carboxylic acids is 1. The number of rotatable bonds is 6. The van der Waals surface area contributed by atoms with Crippen LogP contribution in [-0.4, -0.2) is 53.9 Å². The number of piperazine rings is 1. The van der Waals surface area contributed by atoms with E-state index in [-0.39, 0.29) is 11.6 Å². The van der Waals surface area contributed by atoms with Crippen molar-refractivity contribution in [1.82, 2.24) is 9.80 Å². The Bertz CT molecular complexity index is 966. The van der Waals surface area contributed by atoms with E-state index < -0.39 is 4.92 Å². The van der Waals surface area contributed by atoms with Gasteiger partial charge in [0.05, 0.1) is 9.82 Å². The van der Waals surface area contributed by atoms with Gasteiger partial charge in [0.25, 0.3) is 11.6 Å². The highest BCUT2D eigenvalue weighted by Crippen LogP contribution is 2.39. The van der Waals surface area contributed by atoms with E-state index in [1.165, 1.54) is 17.8 Å². The molecule has 2 aromatic rings. The van der Waals surface area contributed by atoms with E-state index in [4.69, 9.17) is 0 Å². The summed E-state index contributed by atoms with van der Waals surface area (Å²) >= 11 is 1.38. The number of hydrogen-bond acceptors (Lipinski definition) is 5. The zero-order valence-corrected chi connectivity index (χ0v) is 18.4. The molecule has 1 aliphatic heterocycles. The monoisotopic (exact) mass is 425 g/mol. The molecule has 1 amide bonds. The number of hydrogen-bond donors (Lipinski definition) is 0. The van der Waals surface area contributed by atoms with Gasteiger partial charge in [0.15, 0.2) is 0 Å². The number of nitro groups is 1. The van der Waals surface area contributed by atoms with E-state index in [2.05, 4.69) is 25.3 Å². The topological polar surface area (TPSA) is 66.7 Å². The molecule has 1 saturated heterocycles. The Labute approximate surface area is 181 Å². The molecule has 0 aliphatic carbocycles. The van der Waals surface area contributed by atoms with E-state index in [1.54, 1.807) is 17.0 Å². The molecule has 0 N–H and O–H groups in total. The molecular weight excluding hydrogens is 398 g/mol. The van der Waals surface area contributed by atoms with Gasteiger partial charge in [0, 0.05) is 42.7 Å². The van der Waals surface area contributed by atoms with Crippen LogP contribution < -0.4 is 0 Å². The molecule has 0 aromatic heterocycles. The summed E-state index contributed by atoms with van der Waals surface area (Å²) in [5.74, 6) is 0.149. The van der Waals surface area contributed by atoms with Crippen molar-refractivity contribution in [2.24, 2.45) is 0 Å². The zero-order valence-electron chi connectivity index (χ0n) is 17.6. The summed E-state index contributed by atoms with van der Waals surface area (Å²) in [6, 6.07) is 12.9. The van der Waals surface area contributed by atoms with E-state index in [0.29, 0.717) is 35.0 Å². The van der Waals surface area contributed by atoms with Crippen LogP contribution in [0.1, 0.15) is 30.9 Å². The maximum absolute atomic E-state index is 12.8. The van der Waals surface area contributed by atoms with Crippen LogP contribution in [0.4, 0.5) is 5.69 Å². The van der Waals surface area contributed by atoms with Crippen LogP contribution in [0.15, 0.2) is 58.8 Å². The van der Waals surface area contributed by atoms with E-state index >= 15 is 0 Å². The zero-order chi connectivity index (χ0) is 21.8. The number of carbonyl (C=O) groups is 1. The van der Waals surface area contributed by atoms with E-state index in [0.717, 1.165) is 23.5 Å². The third kappa shape index (κ3) is 4.91. The predicted molar refractivity (Wildman–Crippen MR) is 121 cm³/mol. The molecule has 0 unspecified atom stereocenters. The molecule has 2 aromatic carbocycles. The lowest BCUT2D eigenvalue weighted by molar-refractivity contribution is -0.387. The van der Waals surface area contributed by atoms with Crippen molar-refractivity contribution in [3.8, 4) is 0 Å².